The maximum absolute atomic E-state index is 13.2. The summed E-state index contributed by atoms with van der Waals surface area (Å²) in [7, 11) is 0. The van der Waals surface area contributed by atoms with Gasteiger partial charge < -0.3 is 25.4 Å². The van der Waals surface area contributed by atoms with Crippen LogP contribution < -0.4 is 10.6 Å². The van der Waals surface area contributed by atoms with Gasteiger partial charge in [-0.1, -0.05) is 54.6 Å². The van der Waals surface area contributed by atoms with E-state index in [0.29, 0.717) is 12.1 Å². The number of benzene rings is 2. The van der Waals surface area contributed by atoms with Gasteiger partial charge in [-0.3, -0.25) is 9.78 Å². The lowest BCUT2D eigenvalue weighted by Crippen LogP contribution is -2.52. The molecule has 47 heavy (non-hydrogen) atoms. The lowest BCUT2D eigenvalue weighted by molar-refractivity contribution is -0.117. The van der Waals surface area contributed by atoms with Crippen LogP contribution in [0.15, 0.2) is 66.9 Å². The van der Waals surface area contributed by atoms with Crippen molar-refractivity contribution in [1.29, 1.82) is 0 Å². The number of pyridine rings is 1. The van der Waals surface area contributed by atoms with Gasteiger partial charge in [-0.05, 0) is 103 Å². The van der Waals surface area contributed by atoms with Crippen LogP contribution in [0.3, 0.4) is 0 Å². The molecule has 3 aromatic rings. The van der Waals surface area contributed by atoms with Crippen LogP contribution in [0.25, 0.3) is 22.4 Å². The number of ether oxygens (including phenoxy) is 1. The molecule has 2 aliphatic carbocycles. The number of nitrogens with one attached hydrogen (secondary N) is 2. The maximum atomic E-state index is 13.2. The molecule has 0 atom stereocenters. The monoisotopic (exact) mass is 640 g/mol. The van der Waals surface area contributed by atoms with Gasteiger partial charge in [0.2, 0.25) is 5.91 Å². The number of aromatic nitrogens is 1. The molecule has 0 saturated heterocycles. The fourth-order valence-electron chi connectivity index (χ4n) is 6.96. The normalized spacial score (nSPS) is 18.9. The minimum atomic E-state index is -0.875. The molecule has 9 nitrogen and oxygen atoms in total. The number of nitrogens with zero attached hydrogens (tertiary/aromatic N) is 2. The summed E-state index contributed by atoms with van der Waals surface area (Å²) in [5.74, 6) is 0.158. The Labute approximate surface area is 278 Å². The van der Waals surface area contributed by atoms with Crippen molar-refractivity contribution in [3.63, 3.8) is 0 Å². The highest BCUT2D eigenvalue weighted by Crippen LogP contribution is 2.42. The molecule has 2 aliphatic rings. The van der Waals surface area contributed by atoms with E-state index in [-0.39, 0.29) is 23.9 Å². The van der Waals surface area contributed by atoms with E-state index in [2.05, 4.69) is 22.8 Å². The molecule has 0 bridgehead atoms. The lowest BCUT2D eigenvalue weighted by atomic mass is 9.71. The van der Waals surface area contributed by atoms with E-state index in [1.807, 2.05) is 83.1 Å². The minimum Gasteiger partial charge on any atom is -0.465 e. The summed E-state index contributed by atoms with van der Waals surface area (Å²) in [6.45, 7) is 9.39. The molecule has 2 fully saturated rings. The number of hydrogen-bond donors (Lipinski definition) is 3. The molecule has 0 aliphatic heterocycles. The van der Waals surface area contributed by atoms with Crippen LogP contribution in [0, 0.1) is 5.92 Å². The van der Waals surface area contributed by atoms with E-state index in [1.165, 1.54) is 0 Å². The fraction of sp³-hybridized carbons (Fsp3) is 0.474. The Morgan fingerprint density at radius 1 is 0.979 bits per heavy atom. The smallest absolute Gasteiger partial charge is 0.408 e. The van der Waals surface area contributed by atoms with Crippen LogP contribution >= 0.6 is 0 Å². The Balaban J connectivity index is 1.29. The molecule has 2 aromatic carbocycles. The molecular formula is C38H48N4O5. The second kappa shape index (κ2) is 14.2. The summed E-state index contributed by atoms with van der Waals surface area (Å²) in [5, 5.41) is 15.8. The number of rotatable bonds is 9. The third-order valence-electron chi connectivity index (χ3n) is 9.38. The first-order chi connectivity index (χ1) is 22.3. The highest BCUT2D eigenvalue weighted by Gasteiger charge is 2.41. The molecule has 1 aromatic heterocycles. The molecule has 0 radical (unpaired) electrons. The first kappa shape index (κ1) is 33.9. The number of carbonyl (C=O) groups excluding carboxylic acids is 2. The van der Waals surface area contributed by atoms with Crippen LogP contribution in [-0.2, 0) is 15.1 Å². The molecule has 250 valence electrons. The highest BCUT2D eigenvalue weighted by atomic mass is 16.6. The molecule has 0 unspecified atom stereocenters. The van der Waals surface area contributed by atoms with Crippen LogP contribution in [0.1, 0.15) is 91.5 Å². The van der Waals surface area contributed by atoms with Crippen molar-refractivity contribution in [2.75, 3.05) is 5.32 Å². The summed E-state index contributed by atoms with van der Waals surface area (Å²) in [6, 6.07) is 20.1. The molecular weight excluding hydrogens is 592 g/mol. The Bertz CT molecular complexity index is 1550. The van der Waals surface area contributed by atoms with Gasteiger partial charge in [0.15, 0.2) is 0 Å². The Morgan fingerprint density at radius 3 is 2.19 bits per heavy atom. The van der Waals surface area contributed by atoms with Crippen molar-refractivity contribution in [2.45, 2.75) is 109 Å². The summed E-state index contributed by atoms with van der Waals surface area (Å²) < 4.78 is 5.55. The molecule has 5 rings (SSSR count). The molecule has 1 heterocycles. The van der Waals surface area contributed by atoms with Gasteiger partial charge in [-0.2, -0.15) is 0 Å². The number of anilines is 1. The van der Waals surface area contributed by atoms with Gasteiger partial charge >= 0.3 is 12.2 Å². The van der Waals surface area contributed by atoms with Gasteiger partial charge in [0.1, 0.15) is 5.60 Å². The number of hydrogen-bond acceptors (Lipinski definition) is 5. The van der Waals surface area contributed by atoms with Crippen molar-refractivity contribution >= 4 is 23.8 Å². The van der Waals surface area contributed by atoms with Crippen molar-refractivity contribution in [2.24, 2.45) is 5.92 Å². The summed E-state index contributed by atoms with van der Waals surface area (Å²) in [4.78, 5) is 43.9. The standard InChI is InChI=1S/C38H48N4O5/c1-25(2)42(36(45)46)31-18-12-26(13-19-31)22-33(43)40-30-23-32(27-10-7-6-8-11-27)34(39-24-30)28-14-16-29(17-15-28)38(20-9-21-38)41-35(44)47-37(3,4)5/h6-8,10-11,14-17,23-26,31H,9,12-13,18-22H2,1-5H3,(H,40,43)(H,41,44)(H,45,46)/t26-,31-. The van der Waals surface area contributed by atoms with Crippen molar-refractivity contribution in [3.8, 4) is 22.4 Å². The van der Waals surface area contributed by atoms with Crippen LogP contribution in [0.5, 0.6) is 0 Å². The number of amides is 3. The Morgan fingerprint density at radius 2 is 1.64 bits per heavy atom. The van der Waals surface area contributed by atoms with Crippen molar-refractivity contribution < 1.29 is 24.2 Å². The first-order valence-electron chi connectivity index (χ1n) is 16.8. The average Bonchev–Trinajstić information content (AvgIpc) is 2.99. The zero-order chi connectivity index (χ0) is 33.8. The maximum Gasteiger partial charge on any atom is 0.408 e. The molecule has 2 saturated carbocycles. The van der Waals surface area contributed by atoms with Gasteiger partial charge in [0.05, 0.1) is 23.1 Å². The van der Waals surface area contributed by atoms with E-state index >= 15 is 0 Å². The van der Waals surface area contributed by atoms with E-state index in [9.17, 15) is 19.5 Å². The zero-order valence-corrected chi connectivity index (χ0v) is 28.2. The molecule has 3 N–H and O–H groups in total. The molecule has 3 amide bonds. The fourth-order valence-corrected chi connectivity index (χ4v) is 6.96. The third kappa shape index (κ3) is 8.31. The predicted octanol–water partition coefficient (Wildman–Crippen LogP) is 8.60. The van der Waals surface area contributed by atoms with Gasteiger partial charge in [-0.25, -0.2) is 9.59 Å². The van der Waals surface area contributed by atoms with E-state index < -0.39 is 23.3 Å². The Kier molecular flexibility index (Phi) is 10.2. The zero-order valence-electron chi connectivity index (χ0n) is 28.2. The van der Waals surface area contributed by atoms with E-state index in [0.717, 1.165) is 72.9 Å². The van der Waals surface area contributed by atoms with Gasteiger partial charge in [0, 0.05) is 29.6 Å². The summed E-state index contributed by atoms with van der Waals surface area (Å²) in [6.07, 6.45) is 6.75. The lowest BCUT2D eigenvalue weighted by Gasteiger charge is -2.43. The van der Waals surface area contributed by atoms with Crippen molar-refractivity contribution in [1.82, 2.24) is 15.2 Å². The highest BCUT2D eigenvalue weighted by molar-refractivity contribution is 5.93. The predicted molar refractivity (Wildman–Crippen MR) is 184 cm³/mol. The minimum absolute atomic E-state index is 0.00606. The number of carbonyl (C=O) groups is 3. The Hall–Kier alpha value is -4.40. The largest absolute Gasteiger partial charge is 0.465 e. The van der Waals surface area contributed by atoms with Crippen LogP contribution in [-0.4, -0.2) is 50.8 Å². The quantitative estimate of drug-likeness (QED) is 0.215. The second-order valence-electron chi connectivity index (χ2n) is 14.3. The SMILES string of the molecule is CC(C)N(C(=O)O)[C@H]1CC[C@H](CC(=O)Nc2cnc(-c3ccc(C4(NC(=O)OC(C)(C)C)CCC4)cc3)c(-c3ccccc3)c2)CC1. The van der Waals surface area contributed by atoms with E-state index in [4.69, 9.17) is 9.72 Å². The third-order valence-corrected chi connectivity index (χ3v) is 9.38. The van der Waals surface area contributed by atoms with Crippen LogP contribution in [0.2, 0.25) is 0 Å². The summed E-state index contributed by atoms with van der Waals surface area (Å²) >= 11 is 0. The van der Waals surface area contributed by atoms with Crippen molar-refractivity contribution in [3.05, 3.63) is 72.4 Å². The summed E-state index contributed by atoms with van der Waals surface area (Å²) in [5.41, 5.74) is 4.30. The average molecular weight is 641 g/mol. The molecule has 0 spiro atoms. The van der Waals surface area contributed by atoms with E-state index in [1.54, 1.807) is 11.1 Å². The number of carboxylic acid groups (broad SMARTS) is 1. The topological polar surface area (TPSA) is 121 Å². The molecule has 9 heteroatoms. The number of alkyl carbamates (subject to hydrolysis) is 1. The van der Waals surface area contributed by atoms with Gasteiger partial charge in [0.25, 0.3) is 0 Å². The second-order valence-corrected chi connectivity index (χ2v) is 14.3. The first-order valence-corrected chi connectivity index (χ1v) is 16.8. The van der Waals surface area contributed by atoms with Crippen LogP contribution in [0.4, 0.5) is 15.3 Å². The van der Waals surface area contributed by atoms with Gasteiger partial charge in [-0.15, -0.1) is 0 Å².